The largest absolute Gasteiger partial charge is 0.508 e. The van der Waals surface area contributed by atoms with E-state index in [-0.39, 0.29) is 11.3 Å². The molecule has 0 heterocycles. The van der Waals surface area contributed by atoms with Crippen LogP contribution in [-0.4, -0.2) is 27.5 Å². The average Bonchev–Trinajstić information content (AvgIpc) is 2.16. The standard InChI is InChI=1S/C10H11NO3S/c1-6(15-2)11-8-3-7(10(13)14)4-9(12)5-8/h3-5,12H,1-2H3,(H,13,14). The molecule has 1 aromatic rings. The molecule has 0 amide bonds. The number of hydrogen-bond acceptors (Lipinski definition) is 4. The van der Waals surface area contributed by atoms with Gasteiger partial charge in [0.15, 0.2) is 0 Å². The Balaban J connectivity index is 3.15. The van der Waals surface area contributed by atoms with Crippen molar-refractivity contribution >= 4 is 28.5 Å². The molecule has 0 fully saturated rings. The second kappa shape index (κ2) is 4.84. The van der Waals surface area contributed by atoms with Crippen molar-refractivity contribution in [2.75, 3.05) is 6.26 Å². The minimum Gasteiger partial charge on any atom is -0.508 e. The van der Waals surface area contributed by atoms with Gasteiger partial charge < -0.3 is 10.2 Å². The second-order valence-corrected chi connectivity index (χ2v) is 3.88. The minimum atomic E-state index is -1.08. The van der Waals surface area contributed by atoms with Crippen LogP contribution >= 0.6 is 11.8 Å². The van der Waals surface area contributed by atoms with E-state index in [2.05, 4.69) is 4.99 Å². The van der Waals surface area contributed by atoms with Crippen molar-refractivity contribution in [2.24, 2.45) is 4.99 Å². The van der Waals surface area contributed by atoms with Crippen LogP contribution in [0.25, 0.3) is 0 Å². The van der Waals surface area contributed by atoms with Gasteiger partial charge in [-0.3, -0.25) is 0 Å². The number of hydrogen-bond donors (Lipinski definition) is 2. The van der Waals surface area contributed by atoms with Crippen LogP contribution < -0.4 is 0 Å². The first-order valence-corrected chi connectivity index (χ1v) is 5.42. The molecule has 0 saturated heterocycles. The summed E-state index contributed by atoms with van der Waals surface area (Å²) in [6.45, 7) is 1.81. The third-order valence-electron chi connectivity index (χ3n) is 1.73. The zero-order chi connectivity index (χ0) is 11.4. The summed E-state index contributed by atoms with van der Waals surface area (Å²) in [6, 6.07) is 4.03. The fourth-order valence-electron chi connectivity index (χ4n) is 1.01. The van der Waals surface area contributed by atoms with Gasteiger partial charge in [0, 0.05) is 6.07 Å². The van der Waals surface area contributed by atoms with E-state index in [9.17, 15) is 9.90 Å². The van der Waals surface area contributed by atoms with Crippen LogP contribution in [0.3, 0.4) is 0 Å². The number of carbonyl (C=O) groups is 1. The Bertz CT molecular complexity index is 415. The molecule has 1 rings (SSSR count). The van der Waals surface area contributed by atoms with Crippen LogP contribution in [0.5, 0.6) is 5.75 Å². The quantitative estimate of drug-likeness (QED) is 0.599. The van der Waals surface area contributed by atoms with Crippen LogP contribution in [0.4, 0.5) is 5.69 Å². The number of aromatic carboxylic acids is 1. The number of aromatic hydroxyl groups is 1. The molecule has 0 aliphatic rings. The monoisotopic (exact) mass is 225 g/mol. The molecule has 1 aromatic carbocycles. The normalized spacial score (nSPS) is 11.5. The summed E-state index contributed by atoms with van der Waals surface area (Å²) in [5.74, 6) is -1.17. The molecule has 0 radical (unpaired) electrons. The van der Waals surface area contributed by atoms with Crippen LogP contribution in [0.2, 0.25) is 0 Å². The van der Waals surface area contributed by atoms with E-state index < -0.39 is 5.97 Å². The van der Waals surface area contributed by atoms with Gasteiger partial charge in [-0.25, -0.2) is 9.79 Å². The van der Waals surface area contributed by atoms with Crippen molar-refractivity contribution in [3.05, 3.63) is 23.8 Å². The average molecular weight is 225 g/mol. The molecule has 80 valence electrons. The molecule has 0 aliphatic heterocycles. The van der Waals surface area contributed by atoms with Crippen molar-refractivity contribution in [1.82, 2.24) is 0 Å². The third-order valence-corrected chi connectivity index (χ3v) is 2.41. The van der Waals surface area contributed by atoms with Gasteiger partial charge in [0.2, 0.25) is 0 Å². The second-order valence-electron chi connectivity index (χ2n) is 2.88. The highest BCUT2D eigenvalue weighted by Crippen LogP contribution is 2.23. The number of thioether (sulfide) groups is 1. The van der Waals surface area contributed by atoms with E-state index in [0.29, 0.717) is 5.69 Å². The number of carboxylic acids is 1. The lowest BCUT2D eigenvalue weighted by Crippen LogP contribution is -1.95. The van der Waals surface area contributed by atoms with E-state index in [1.54, 1.807) is 0 Å². The van der Waals surface area contributed by atoms with Gasteiger partial charge >= 0.3 is 5.97 Å². The Morgan fingerprint density at radius 3 is 2.60 bits per heavy atom. The highest BCUT2D eigenvalue weighted by atomic mass is 32.2. The Hall–Kier alpha value is -1.49. The predicted molar refractivity (Wildman–Crippen MR) is 61.4 cm³/mol. The first kappa shape index (κ1) is 11.6. The third kappa shape index (κ3) is 3.28. The lowest BCUT2D eigenvalue weighted by molar-refractivity contribution is 0.0696. The van der Waals surface area contributed by atoms with Crippen LogP contribution in [0, 0.1) is 0 Å². The lowest BCUT2D eigenvalue weighted by atomic mass is 10.2. The van der Waals surface area contributed by atoms with Gasteiger partial charge in [-0.1, -0.05) is 0 Å². The number of phenols is 1. The molecule has 5 heteroatoms. The van der Waals surface area contributed by atoms with Crippen LogP contribution in [-0.2, 0) is 0 Å². The molecule has 0 aliphatic carbocycles. The maximum absolute atomic E-state index is 10.7. The van der Waals surface area contributed by atoms with Crippen molar-refractivity contribution < 1.29 is 15.0 Å². The summed E-state index contributed by atoms with van der Waals surface area (Å²) < 4.78 is 0. The number of benzene rings is 1. The van der Waals surface area contributed by atoms with E-state index in [4.69, 9.17) is 5.11 Å². The predicted octanol–water partition coefficient (Wildman–Crippen LogP) is 2.50. The molecule has 0 bridgehead atoms. The van der Waals surface area contributed by atoms with Crippen molar-refractivity contribution in [2.45, 2.75) is 6.92 Å². The molecule has 0 saturated carbocycles. The van der Waals surface area contributed by atoms with Gasteiger partial charge in [0.25, 0.3) is 0 Å². The molecule has 0 spiro atoms. The number of phenolic OH excluding ortho intramolecular Hbond substituents is 1. The Morgan fingerprint density at radius 1 is 1.40 bits per heavy atom. The Labute approximate surface area is 91.7 Å². The van der Waals surface area contributed by atoms with Gasteiger partial charge in [0.05, 0.1) is 16.3 Å². The summed E-state index contributed by atoms with van der Waals surface area (Å²) in [6.07, 6.45) is 1.87. The Morgan fingerprint density at radius 2 is 2.07 bits per heavy atom. The van der Waals surface area contributed by atoms with Crippen molar-refractivity contribution in [1.29, 1.82) is 0 Å². The fraction of sp³-hybridized carbons (Fsp3) is 0.200. The zero-order valence-electron chi connectivity index (χ0n) is 8.39. The van der Waals surface area contributed by atoms with E-state index in [1.165, 1.54) is 30.0 Å². The smallest absolute Gasteiger partial charge is 0.335 e. The van der Waals surface area contributed by atoms with Crippen molar-refractivity contribution in [3.63, 3.8) is 0 Å². The van der Waals surface area contributed by atoms with Gasteiger partial charge in [-0.05, 0) is 25.3 Å². The van der Waals surface area contributed by atoms with Gasteiger partial charge in [-0.2, -0.15) is 0 Å². The summed E-state index contributed by atoms with van der Waals surface area (Å²) in [4.78, 5) is 14.8. The number of rotatable bonds is 2. The first-order chi connectivity index (χ1) is 7.02. The highest BCUT2D eigenvalue weighted by Gasteiger charge is 2.06. The number of carboxylic acid groups (broad SMARTS) is 1. The molecule has 4 nitrogen and oxygen atoms in total. The summed E-state index contributed by atoms with van der Waals surface area (Å²) in [5, 5.41) is 18.9. The van der Waals surface area contributed by atoms with E-state index in [0.717, 1.165) is 5.04 Å². The Kier molecular flexibility index (Phi) is 3.74. The van der Waals surface area contributed by atoms with E-state index >= 15 is 0 Å². The topological polar surface area (TPSA) is 69.9 Å². The molecule has 2 N–H and O–H groups in total. The molecule has 0 atom stereocenters. The summed E-state index contributed by atoms with van der Waals surface area (Å²) in [7, 11) is 0. The molecule has 0 unspecified atom stereocenters. The summed E-state index contributed by atoms with van der Waals surface area (Å²) in [5.41, 5.74) is 0.474. The summed E-state index contributed by atoms with van der Waals surface area (Å²) >= 11 is 1.46. The zero-order valence-corrected chi connectivity index (χ0v) is 9.21. The SMILES string of the molecule is CSC(C)=Nc1cc(O)cc(C(=O)O)c1. The van der Waals surface area contributed by atoms with Crippen molar-refractivity contribution in [3.8, 4) is 5.75 Å². The minimum absolute atomic E-state index is 0.0302. The maximum Gasteiger partial charge on any atom is 0.335 e. The van der Waals surface area contributed by atoms with Crippen LogP contribution in [0.1, 0.15) is 17.3 Å². The molecular weight excluding hydrogens is 214 g/mol. The number of nitrogens with zero attached hydrogens (tertiary/aromatic N) is 1. The molecule has 0 aromatic heterocycles. The van der Waals surface area contributed by atoms with Gasteiger partial charge in [-0.15, -0.1) is 11.8 Å². The molecule has 15 heavy (non-hydrogen) atoms. The maximum atomic E-state index is 10.7. The number of aliphatic imine (C=N–C) groups is 1. The lowest BCUT2D eigenvalue weighted by Gasteiger charge is -2.00. The fourth-order valence-corrected chi connectivity index (χ4v) is 1.21. The highest BCUT2D eigenvalue weighted by molar-refractivity contribution is 8.13. The van der Waals surface area contributed by atoms with E-state index in [1.807, 2.05) is 13.2 Å². The van der Waals surface area contributed by atoms with Gasteiger partial charge in [0.1, 0.15) is 5.75 Å². The van der Waals surface area contributed by atoms with Crippen LogP contribution in [0.15, 0.2) is 23.2 Å². The first-order valence-electron chi connectivity index (χ1n) is 4.19. The molecular formula is C10H11NO3S.